The quantitative estimate of drug-likeness (QED) is 0.637. The largest absolute Gasteiger partial charge is 0.350 e. The fourth-order valence-corrected chi connectivity index (χ4v) is 3.03. The van der Waals surface area contributed by atoms with E-state index in [1.807, 2.05) is 0 Å². The highest BCUT2D eigenvalue weighted by Crippen LogP contribution is 2.31. The summed E-state index contributed by atoms with van der Waals surface area (Å²) >= 11 is 3.39. The summed E-state index contributed by atoms with van der Waals surface area (Å²) in [5.41, 5.74) is 1.14. The highest BCUT2D eigenvalue weighted by Gasteiger charge is 2.23. The van der Waals surface area contributed by atoms with Crippen LogP contribution in [0.4, 0.5) is 5.69 Å². The van der Waals surface area contributed by atoms with Gasteiger partial charge in [0.25, 0.3) is 11.6 Å². The van der Waals surface area contributed by atoms with E-state index < -0.39 is 4.92 Å². The van der Waals surface area contributed by atoms with Crippen LogP contribution in [0.25, 0.3) is 10.9 Å². The maximum Gasteiger partial charge on any atom is 0.271 e. The molecule has 7 nitrogen and oxygen atoms in total. The van der Waals surface area contributed by atoms with E-state index >= 15 is 0 Å². The topological polar surface area (TPSA) is 91.3 Å². The summed E-state index contributed by atoms with van der Waals surface area (Å²) in [6.45, 7) is 2.85. The molecule has 1 saturated heterocycles. The van der Waals surface area contributed by atoms with Gasteiger partial charge in [0.2, 0.25) is 0 Å². The van der Waals surface area contributed by atoms with Gasteiger partial charge >= 0.3 is 0 Å². The number of piperazine rings is 1. The summed E-state index contributed by atoms with van der Waals surface area (Å²) in [4.78, 5) is 27.7. The minimum Gasteiger partial charge on any atom is -0.350 e. The Balaban J connectivity index is 2.01. The molecule has 0 radical (unpaired) electrons. The highest BCUT2D eigenvalue weighted by atomic mass is 79.9. The zero-order valence-electron chi connectivity index (χ0n) is 11.1. The minimum absolute atomic E-state index is 0.00312. The van der Waals surface area contributed by atoms with Crippen molar-refractivity contribution >= 4 is 38.4 Å². The van der Waals surface area contributed by atoms with Gasteiger partial charge in [-0.05, 0) is 22.0 Å². The van der Waals surface area contributed by atoms with Crippen LogP contribution in [0, 0.1) is 10.1 Å². The van der Waals surface area contributed by atoms with Crippen LogP contribution in [0.3, 0.4) is 0 Å². The summed E-state index contributed by atoms with van der Waals surface area (Å²) < 4.78 is 0.574. The molecule has 1 aliphatic rings. The van der Waals surface area contributed by atoms with Crippen molar-refractivity contribution in [3.05, 3.63) is 38.5 Å². The van der Waals surface area contributed by atoms with Gasteiger partial charge in [-0.2, -0.15) is 0 Å². The van der Waals surface area contributed by atoms with E-state index in [-0.39, 0.29) is 11.6 Å². The Morgan fingerprint density at radius 1 is 1.33 bits per heavy atom. The number of carbonyl (C=O) groups excluding carboxylic acids is 1. The van der Waals surface area contributed by atoms with Crippen molar-refractivity contribution in [2.45, 2.75) is 0 Å². The molecular formula is C13H13BrN4O3. The number of benzene rings is 1. The lowest BCUT2D eigenvalue weighted by molar-refractivity contribution is -0.384. The molecule has 0 unspecified atom stereocenters. The van der Waals surface area contributed by atoms with Gasteiger partial charge in [-0.15, -0.1) is 0 Å². The van der Waals surface area contributed by atoms with E-state index in [9.17, 15) is 14.9 Å². The van der Waals surface area contributed by atoms with Gasteiger partial charge in [0.1, 0.15) is 5.69 Å². The molecule has 1 aromatic heterocycles. The third kappa shape index (κ3) is 2.52. The molecular weight excluding hydrogens is 340 g/mol. The highest BCUT2D eigenvalue weighted by molar-refractivity contribution is 9.10. The molecule has 21 heavy (non-hydrogen) atoms. The molecule has 3 rings (SSSR count). The number of nitro groups is 1. The van der Waals surface area contributed by atoms with Crippen molar-refractivity contribution in [1.29, 1.82) is 0 Å². The second-order valence-corrected chi connectivity index (χ2v) is 5.64. The summed E-state index contributed by atoms with van der Waals surface area (Å²) in [5, 5.41) is 14.7. The van der Waals surface area contributed by atoms with Crippen LogP contribution < -0.4 is 5.32 Å². The van der Waals surface area contributed by atoms with Gasteiger partial charge in [-0.1, -0.05) is 0 Å². The predicted molar refractivity (Wildman–Crippen MR) is 81.4 cm³/mol. The van der Waals surface area contributed by atoms with E-state index in [0.29, 0.717) is 34.2 Å². The van der Waals surface area contributed by atoms with Gasteiger partial charge in [0.05, 0.1) is 9.40 Å². The molecule has 1 aliphatic heterocycles. The van der Waals surface area contributed by atoms with Crippen molar-refractivity contribution in [2.75, 3.05) is 26.2 Å². The summed E-state index contributed by atoms with van der Waals surface area (Å²) in [5.74, 6) is -0.0952. The van der Waals surface area contributed by atoms with Gasteiger partial charge < -0.3 is 15.2 Å². The number of carbonyl (C=O) groups is 1. The molecule has 2 heterocycles. The number of hydrogen-bond acceptors (Lipinski definition) is 4. The lowest BCUT2D eigenvalue weighted by Crippen LogP contribution is -2.46. The molecule has 1 amide bonds. The van der Waals surface area contributed by atoms with Gasteiger partial charge in [0.15, 0.2) is 0 Å². The van der Waals surface area contributed by atoms with Crippen LogP contribution in [0.1, 0.15) is 10.5 Å². The fourth-order valence-electron chi connectivity index (χ4n) is 2.43. The first kappa shape index (κ1) is 14.0. The SMILES string of the molecule is O=C(c1[nH]c2ccc([N+](=O)[O-])cc2c1Br)N1CCNCC1. The van der Waals surface area contributed by atoms with E-state index in [1.54, 1.807) is 11.0 Å². The number of H-pyrrole nitrogens is 1. The van der Waals surface area contributed by atoms with E-state index in [4.69, 9.17) is 0 Å². The Kier molecular flexibility index (Phi) is 3.64. The Morgan fingerprint density at radius 2 is 2.05 bits per heavy atom. The van der Waals surface area contributed by atoms with E-state index in [0.717, 1.165) is 13.1 Å². The number of rotatable bonds is 2. The molecule has 0 bridgehead atoms. The molecule has 0 spiro atoms. The molecule has 2 aromatic rings. The number of nitrogens with one attached hydrogen (secondary N) is 2. The number of non-ortho nitro benzene ring substituents is 1. The number of halogens is 1. The van der Waals surface area contributed by atoms with Gasteiger partial charge in [0, 0.05) is 49.2 Å². The predicted octanol–water partition coefficient (Wildman–Crippen LogP) is 1.88. The molecule has 110 valence electrons. The standard InChI is InChI=1S/C13H13BrN4O3/c14-11-9-7-8(18(20)21)1-2-10(9)16-12(11)13(19)17-5-3-15-4-6-17/h1-2,7,15-16H,3-6H2. The number of amides is 1. The van der Waals surface area contributed by atoms with Crippen LogP contribution in [-0.2, 0) is 0 Å². The Bertz CT molecular complexity index is 722. The first-order valence-electron chi connectivity index (χ1n) is 6.53. The Labute approximate surface area is 128 Å². The monoisotopic (exact) mass is 352 g/mol. The van der Waals surface area contributed by atoms with Crippen molar-refractivity contribution in [3.63, 3.8) is 0 Å². The second kappa shape index (κ2) is 5.45. The zero-order valence-corrected chi connectivity index (χ0v) is 12.6. The summed E-state index contributed by atoms with van der Waals surface area (Å²) in [6.07, 6.45) is 0. The number of hydrogen-bond donors (Lipinski definition) is 2. The van der Waals surface area contributed by atoms with Gasteiger partial charge in [-0.3, -0.25) is 14.9 Å². The van der Waals surface area contributed by atoms with Crippen LogP contribution in [0.15, 0.2) is 22.7 Å². The Morgan fingerprint density at radius 3 is 2.71 bits per heavy atom. The number of fused-ring (bicyclic) bond motifs is 1. The van der Waals surface area contributed by atoms with Crippen LogP contribution >= 0.6 is 15.9 Å². The number of nitrogens with zero attached hydrogens (tertiary/aromatic N) is 2. The molecule has 0 saturated carbocycles. The van der Waals surface area contributed by atoms with Crippen LogP contribution in [-0.4, -0.2) is 46.9 Å². The molecule has 0 atom stereocenters. The second-order valence-electron chi connectivity index (χ2n) is 4.84. The normalized spacial score (nSPS) is 15.4. The van der Waals surface area contributed by atoms with Crippen LogP contribution in [0.5, 0.6) is 0 Å². The fraction of sp³-hybridized carbons (Fsp3) is 0.308. The number of nitro benzene ring substituents is 1. The zero-order chi connectivity index (χ0) is 15.0. The minimum atomic E-state index is -0.448. The molecule has 2 N–H and O–H groups in total. The molecule has 0 aliphatic carbocycles. The molecule has 8 heteroatoms. The first-order valence-corrected chi connectivity index (χ1v) is 7.33. The third-order valence-electron chi connectivity index (χ3n) is 3.55. The smallest absolute Gasteiger partial charge is 0.271 e. The third-order valence-corrected chi connectivity index (χ3v) is 4.37. The molecule has 1 aromatic carbocycles. The van der Waals surface area contributed by atoms with Crippen molar-refractivity contribution in [3.8, 4) is 0 Å². The first-order chi connectivity index (χ1) is 10.1. The van der Waals surface area contributed by atoms with Gasteiger partial charge in [-0.25, -0.2) is 0 Å². The van der Waals surface area contributed by atoms with Crippen molar-refractivity contribution in [2.24, 2.45) is 0 Å². The molecule has 1 fully saturated rings. The number of aromatic nitrogens is 1. The van der Waals surface area contributed by atoms with Crippen molar-refractivity contribution in [1.82, 2.24) is 15.2 Å². The maximum atomic E-state index is 12.5. The van der Waals surface area contributed by atoms with E-state index in [2.05, 4.69) is 26.2 Å². The lowest BCUT2D eigenvalue weighted by atomic mass is 10.2. The summed E-state index contributed by atoms with van der Waals surface area (Å²) in [6, 6.07) is 4.50. The Hall–Kier alpha value is -1.93. The van der Waals surface area contributed by atoms with Crippen molar-refractivity contribution < 1.29 is 9.72 Å². The lowest BCUT2D eigenvalue weighted by Gasteiger charge is -2.27. The average molecular weight is 353 g/mol. The average Bonchev–Trinajstić information content (AvgIpc) is 2.84. The maximum absolute atomic E-state index is 12.5. The summed E-state index contributed by atoms with van der Waals surface area (Å²) in [7, 11) is 0. The number of aromatic amines is 1. The van der Waals surface area contributed by atoms with E-state index in [1.165, 1.54) is 12.1 Å². The van der Waals surface area contributed by atoms with Crippen LogP contribution in [0.2, 0.25) is 0 Å².